The average Bonchev–Trinajstić information content (AvgIpc) is 3.12. The van der Waals surface area contributed by atoms with Gasteiger partial charge in [0.2, 0.25) is 10.0 Å². The van der Waals surface area contributed by atoms with E-state index in [1.165, 1.54) is 16.4 Å². The first-order valence-corrected chi connectivity index (χ1v) is 10.4. The molecule has 1 aliphatic heterocycles. The summed E-state index contributed by atoms with van der Waals surface area (Å²) in [5.41, 5.74) is 1.72. The van der Waals surface area contributed by atoms with Gasteiger partial charge in [-0.3, -0.25) is 4.79 Å². The number of rotatable bonds is 4. The molecule has 1 amide bonds. The Morgan fingerprint density at radius 3 is 2.27 bits per heavy atom. The molecule has 138 valence electrons. The number of nitrogens with zero attached hydrogens (tertiary/aromatic N) is 1. The maximum absolute atomic E-state index is 12.8. The Hall–Kier alpha value is -1.60. The van der Waals surface area contributed by atoms with E-state index in [2.05, 4.69) is 5.32 Å². The van der Waals surface area contributed by atoms with E-state index in [0.29, 0.717) is 18.8 Å². The molecule has 0 saturated carbocycles. The molecule has 1 fully saturated rings. The molecule has 0 aromatic heterocycles. The Kier molecular flexibility index (Phi) is 5.58. The van der Waals surface area contributed by atoms with E-state index in [1.807, 2.05) is 19.1 Å². The van der Waals surface area contributed by atoms with Crippen molar-refractivity contribution in [1.29, 1.82) is 0 Å². The molecule has 1 saturated heterocycles. The van der Waals surface area contributed by atoms with Gasteiger partial charge < -0.3 is 5.32 Å². The Morgan fingerprint density at radius 1 is 1.04 bits per heavy atom. The van der Waals surface area contributed by atoms with E-state index in [0.717, 1.165) is 18.4 Å². The molecule has 0 aliphatic carbocycles. The van der Waals surface area contributed by atoms with Crippen molar-refractivity contribution in [1.82, 2.24) is 4.31 Å². The number of carbonyl (C=O) groups excluding carboxylic acids is 1. The van der Waals surface area contributed by atoms with Gasteiger partial charge in [0.05, 0.1) is 15.6 Å². The van der Waals surface area contributed by atoms with Gasteiger partial charge in [-0.15, -0.1) is 0 Å². The third kappa shape index (κ3) is 3.88. The van der Waals surface area contributed by atoms with Crippen molar-refractivity contribution in [3.8, 4) is 0 Å². The lowest BCUT2D eigenvalue weighted by Gasteiger charge is -2.17. The van der Waals surface area contributed by atoms with Crippen LogP contribution in [0.4, 0.5) is 5.69 Å². The predicted octanol–water partition coefficient (Wildman–Crippen LogP) is 4.34. The van der Waals surface area contributed by atoms with E-state index >= 15 is 0 Å². The summed E-state index contributed by atoms with van der Waals surface area (Å²) in [6.45, 7) is 2.84. The van der Waals surface area contributed by atoms with Crippen molar-refractivity contribution < 1.29 is 13.2 Å². The Morgan fingerprint density at radius 2 is 1.65 bits per heavy atom. The number of nitrogens with one attached hydrogen (secondary N) is 1. The molecule has 5 nitrogen and oxygen atoms in total. The summed E-state index contributed by atoms with van der Waals surface area (Å²) < 4.78 is 27.0. The molecule has 3 rings (SSSR count). The van der Waals surface area contributed by atoms with Crippen LogP contribution >= 0.6 is 23.2 Å². The summed E-state index contributed by atoms with van der Waals surface area (Å²) in [5, 5.41) is 2.82. The summed E-state index contributed by atoms with van der Waals surface area (Å²) >= 11 is 12.3. The van der Waals surface area contributed by atoms with Gasteiger partial charge >= 0.3 is 0 Å². The number of sulfonamides is 1. The standard InChI is InChI=1S/C18H18Cl2N2O3S/c1-12-4-6-13(7-5-12)21-18(23)14-10-17(16(20)11-15(14)19)26(24,25)22-8-2-3-9-22/h4-7,10-11H,2-3,8-9H2,1H3,(H,21,23). The lowest BCUT2D eigenvalue weighted by Crippen LogP contribution is -2.28. The summed E-state index contributed by atoms with van der Waals surface area (Å²) in [6.07, 6.45) is 1.62. The molecular weight excluding hydrogens is 395 g/mol. The zero-order chi connectivity index (χ0) is 18.9. The van der Waals surface area contributed by atoms with Crippen molar-refractivity contribution in [3.63, 3.8) is 0 Å². The first-order chi connectivity index (χ1) is 12.3. The highest BCUT2D eigenvalue weighted by molar-refractivity contribution is 7.89. The molecule has 1 N–H and O–H groups in total. The minimum Gasteiger partial charge on any atom is -0.322 e. The van der Waals surface area contributed by atoms with Crippen molar-refractivity contribution in [3.05, 3.63) is 57.6 Å². The molecule has 1 aliphatic rings. The van der Waals surface area contributed by atoms with Gasteiger partial charge in [0, 0.05) is 18.8 Å². The Labute approximate surface area is 163 Å². The van der Waals surface area contributed by atoms with Crippen LogP contribution in [0.15, 0.2) is 41.3 Å². The number of amides is 1. The summed E-state index contributed by atoms with van der Waals surface area (Å²) in [6, 6.07) is 9.81. The van der Waals surface area contributed by atoms with Crippen LogP contribution < -0.4 is 5.32 Å². The molecule has 1 heterocycles. The lowest BCUT2D eigenvalue weighted by atomic mass is 10.2. The fourth-order valence-corrected chi connectivity index (χ4v) is 5.15. The normalized spacial score (nSPS) is 15.2. The van der Waals surface area contributed by atoms with Crippen LogP contribution in [0.5, 0.6) is 0 Å². The monoisotopic (exact) mass is 412 g/mol. The first-order valence-electron chi connectivity index (χ1n) is 8.16. The second-order valence-corrected chi connectivity index (χ2v) is 8.91. The fraction of sp³-hybridized carbons (Fsp3) is 0.278. The van der Waals surface area contributed by atoms with Gasteiger partial charge in [-0.2, -0.15) is 4.31 Å². The summed E-state index contributed by atoms with van der Waals surface area (Å²) in [7, 11) is -3.76. The quantitative estimate of drug-likeness (QED) is 0.811. The smallest absolute Gasteiger partial charge is 0.257 e. The van der Waals surface area contributed by atoms with Crippen molar-refractivity contribution >= 4 is 44.8 Å². The average molecular weight is 413 g/mol. The number of carbonyl (C=O) groups is 1. The van der Waals surface area contributed by atoms with E-state index in [4.69, 9.17) is 23.2 Å². The van der Waals surface area contributed by atoms with Crippen molar-refractivity contribution in [2.75, 3.05) is 18.4 Å². The molecule has 0 unspecified atom stereocenters. The summed E-state index contributed by atoms with van der Waals surface area (Å²) in [4.78, 5) is 12.5. The molecule has 2 aromatic rings. The number of hydrogen-bond acceptors (Lipinski definition) is 3. The van der Waals surface area contributed by atoms with Crippen LogP contribution in [0.25, 0.3) is 0 Å². The fourth-order valence-electron chi connectivity index (χ4n) is 2.80. The number of benzene rings is 2. The lowest BCUT2D eigenvalue weighted by molar-refractivity contribution is 0.102. The molecule has 0 bridgehead atoms. The predicted molar refractivity (Wildman–Crippen MR) is 104 cm³/mol. The van der Waals surface area contributed by atoms with Crippen LogP contribution in [0.3, 0.4) is 0 Å². The number of anilines is 1. The molecule has 26 heavy (non-hydrogen) atoms. The summed E-state index contributed by atoms with van der Waals surface area (Å²) in [5.74, 6) is -0.492. The van der Waals surface area contributed by atoms with Crippen molar-refractivity contribution in [2.45, 2.75) is 24.7 Å². The largest absolute Gasteiger partial charge is 0.322 e. The highest BCUT2D eigenvalue weighted by Crippen LogP contribution is 2.32. The molecule has 0 radical (unpaired) electrons. The van der Waals surface area contributed by atoms with Gasteiger partial charge in [-0.1, -0.05) is 40.9 Å². The number of hydrogen-bond donors (Lipinski definition) is 1. The van der Waals surface area contributed by atoms with Crippen LogP contribution in [-0.4, -0.2) is 31.7 Å². The molecule has 8 heteroatoms. The third-order valence-corrected chi connectivity index (χ3v) is 6.93. The second kappa shape index (κ2) is 7.56. The van der Waals surface area contributed by atoms with Gasteiger partial charge in [-0.05, 0) is 44.0 Å². The molecular formula is C18H18Cl2N2O3S. The van der Waals surface area contributed by atoms with Crippen LogP contribution in [0, 0.1) is 6.92 Å². The minimum atomic E-state index is -3.76. The molecule has 0 spiro atoms. The van der Waals surface area contributed by atoms with Gasteiger partial charge in [0.1, 0.15) is 4.90 Å². The molecule has 2 aromatic carbocycles. The van der Waals surface area contributed by atoms with Crippen LogP contribution in [-0.2, 0) is 10.0 Å². The third-order valence-electron chi connectivity index (χ3n) is 4.26. The number of halogens is 2. The minimum absolute atomic E-state index is 0.00814. The van der Waals surface area contributed by atoms with Crippen LogP contribution in [0.1, 0.15) is 28.8 Å². The Balaban J connectivity index is 1.95. The van der Waals surface area contributed by atoms with Gasteiger partial charge in [0.25, 0.3) is 5.91 Å². The van der Waals surface area contributed by atoms with Gasteiger partial charge in [0.15, 0.2) is 0 Å². The topological polar surface area (TPSA) is 66.5 Å². The van der Waals surface area contributed by atoms with E-state index < -0.39 is 15.9 Å². The highest BCUT2D eigenvalue weighted by atomic mass is 35.5. The SMILES string of the molecule is Cc1ccc(NC(=O)c2cc(S(=O)(=O)N3CCCC3)c(Cl)cc2Cl)cc1. The van der Waals surface area contributed by atoms with Crippen molar-refractivity contribution in [2.24, 2.45) is 0 Å². The maximum atomic E-state index is 12.8. The first kappa shape index (κ1) is 19.2. The molecule has 0 atom stereocenters. The van der Waals surface area contributed by atoms with E-state index in [-0.39, 0.29) is 20.5 Å². The van der Waals surface area contributed by atoms with E-state index in [9.17, 15) is 13.2 Å². The van der Waals surface area contributed by atoms with Gasteiger partial charge in [-0.25, -0.2) is 8.42 Å². The maximum Gasteiger partial charge on any atom is 0.257 e. The van der Waals surface area contributed by atoms with E-state index in [1.54, 1.807) is 12.1 Å². The zero-order valence-corrected chi connectivity index (χ0v) is 16.5. The highest BCUT2D eigenvalue weighted by Gasteiger charge is 2.30. The van der Waals surface area contributed by atoms with Crippen LogP contribution in [0.2, 0.25) is 10.0 Å². The zero-order valence-electron chi connectivity index (χ0n) is 14.1. The Bertz CT molecular complexity index is 938. The number of aryl methyl sites for hydroxylation is 1. The second-order valence-electron chi connectivity index (χ2n) is 6.19.